The average Bonchev–Trinajstić information content (AvgIpc) is 2.49. The van der Waals surface area contributed by atoms with Crippen molar-refractivity contribution in [1.29, 1.82) is 5.26 Å². The zero-order valence-electron chi connectivity index (χ0n) is 10.6. The van der Waals surface area contributed by atoms with Crippen LogP contribution < -0.4 is 5.32 Å². The summed E-state index contributed by atoms with van der Waals surface area (Å²) >= 11 is 1.52. The van der Waals surface area contributed by atoms with Gasteiger partial charge in [-0.25, -0.2) is 0 Å². The monoisotopic (exact) mass is 266 g/mol. The second-order valence-corrected chi connectivity index (χ2v) is 6.36. The Kier molecular flexibility index (Phi) is 3.96. The molecule has 0 aromatic carbocycles. The number of hydrogen-bond acceptors (Lipinski definition) is 4. The topological polar surface area (TPSA) is 70.0 Å². The molecule has 1 saturated heterocycles. The standard InChI is InChI=1S/C13H18N2O2S/c1-2-3-4-5-6-18-13-9(8-14)7-10(13)11(16)15-12(13)17/h9-10H,2-7H2,1H3,(H,15,16,17)/t9-,10+,13-/m1/s1. The van der Waals surface area contributed by atoms with Gasteiger partial charge >= 0.3 is 0 Å². The summed E-state index contributed by atoms with van der Waals surface area (Å²) in [4.78, 5) is 23.5. The summed E-state index contributed by atoms with van der Waals surface area (Å²) in [5.41, 5.74) is 0. The molecule has 0 radical (unpaired) electrons. The zero-order valence-corrected chi connectivity index (χ0v) is 11.4. The van der Waals surface area contributed by atoms with Crippen LogP contribution in [0.25, 0.3) is 0 Å². The van der Waals surface area contributed by atoms with Gasteiger partial charge in [0.15, 0.2) is 0 Å². The van der Waals surface area contributed by atoms with Gasteiger partial charge in [0.05, 0.1) is 17.9 Å². The number of rotatable bonds is 6. The molecule has 0 spiro atoms. The lowest BCUT2D eigenvalue weighted by Crippen LogP contribution is -2.55. The van der Waals surface area contributed by atoms with E-state index in [-0.39, 0.29) is 23.7 Å². The van der Waals surface area contributed by atoms with Gasteiger partial charge in [-0.15, -0.1) is 11.8 Å². The first-order valence-electron chi connectivity index (χ1n) is 6.55. The molecule has 2 rings (SSSR count). The number of hydrogen-bond donors (Lipinski definition) is 1. The van der Waals surface area contributed by atoms with E-state index in [4.69, 9.17) is 5.26 Å². The highest BCUT2D eigenvalue weighted by Gasteiger charge is 2.68. The van der Waals surface area contributed by atoms with Crippen LogP contribution in [-0.4, -0.2) is 22.3 Å². The van der Waals surface area contributed by atoms with Crippen molar-refractivity contribution in [1.82, 2.24) is 5.32 Å². The van der Waals surface area contributed by atoms with Gasteiger partial charge in [-0.1, -0.05) is 26.2 Å². The van der Waals surface area contributed by atoms with Gasteiger partial charge in [0.2, 0.25) is 11.8 Å². The molecule has 0 aromatic rings. The molecule has 2 fully saturated rings. The molecule has 0 unspecified atom stereocenters. The van der Waals surface area contributed by atoms with E-state index in [0.29, 0.717) is 6.42 Å². The van der Waals surface area contributed by atoms with Crippen molar-refractivity contribution in [2.24, 2.45) is 11.8 Å². The highest BCUT2D eigenvalue weighted by atomic mass is 32.2. The van der Waals surface area contributed by atoms with Crippen molar-refractivity contribution in [3.05, 3.63) is 0 Å². The van der Waals surface area contributed by atoms with Crippen LogP contribution in [0.3, 0.4) is 0 Å². The van der Waals surface area contributed by atoms with Gasteiger partial charge in [0, 0.05) is 0 Å². The Labute approximate surface area is 111 Å². The van der Waals surface area contributed by atoms with E-state index in [0.717, 1.165) is 18.6 Å². The Morgan fingerprint density at radius 3 is 2.83 bits per heavy atom. The number of carbonyl (C=O) groups is 2. The number of nitriles is 1. The lowest BCUT2D eigenvalue weighted by atomic mass is 9.66. The Morgan fingerprint density at radius 2 is 2.22 bits per heavy atom. The molecule has 2 amide bonds. The molecular weight excluding hydrogens is 248 g/mol. The molecule has 1 aliphatic heterocycles. The minimum absolute atomic E-state index is 0.187. The fraction of sp³-hybridized carbons (Fsp3) is 0.769. The third-order valence-electron chi connectivity index (χ3n) is 3.91. The van der Waals surface area contributed by atoms with Crippen LogP contribution in [0.15, 0.2) is 0 Å². The molecule has 1 N–H and O–H groups in total. The molecule has 5 heteroatoms. The van der Waals surface area contributed by atoms with Gasteiger partial charge in [-0.2, -0.15) is 5.26 Å². The third kappa shape index (κ3) is 1.93. The maximum atomic E-state index is 12.0. The van der Waals surface area contributed by atoms with Gasteiger partial charge in [0.1, 0.15) is 4.75 Å². The van der Waals surface area contributed by atoms with Crippen molar-refractivity contribution in [3.63, 3.8) is 0 Å². The minimum Gasteiger partial charge on any atom is -0.295 e. The van der Waals surface area contributed by atoms with Crippen molar-refractivity contribution in [2.45, 2.75) is 43.8 Å². The van der Waals surface area contributed by atoms with E-state index < -0.39 is 4.75 Å². The van der Waals surface area contributed by atoms with E-state index in [2.05, 4.69) is 18.3 Å². The number of unbranched alkanes of at least 4 members (excludes halogenated alkanes) is 3. The molecule has 1 saturated carbocycles. The van der Waals surface area contributed by atoms with Crippen molar-refractivity contribution in [3.8, 4) is 6.07 Å². The molecule has 2 aliphatic rings. The summed E-state index contributed by atoms with van der Waals surface area (Å²) in [6, 6.07) is 2.18. The number of thioether (sulfide) groups is 1. The molecule has 18 heavy (non-hydrogen) atoms. The summed E-state index contributed by atoms with van der Waals surface area (Å²) in [5.74, 6) is -0.144. The van der Waals surface area contributed by atoms with Crippen LogP contribution in [-0.2, 0) is 9.59 Å². The summed E-state index contributed by atoms with van der Waals surface area (Å²) in [6.45, 7) is 2.16. The van der Waals surface area contributed by atoms with E-state index >= 15 is 0 Å². The fourth-order valence-corrected chi connectivity index (χ4v) is 4.39. The Bertz CT molecular complexity index is 404. The molecule has 3 atom stereocenters. The number of nitrogens with one attached hydrogen (secondary N) is 1. The molecule has 0 aromatic heterocycles. The maximum Gasteiger partial charge on any atom is 0.244 e. The first-order valence-corrected chi connectivity index (χ1v) is 7.54. The average molecular weight is 266 g/mol. The lowest BCUT2D eigenvalue weighted by molar-refractivity contribution is -0.125. The highest BCUT2D eigenvalue weighted by molar-refractivity contribution is 8.01. The molecular formula is C13H18N2O2S. The van der Waals surface area contributed by atoms with Gasteiger partial charge < -0.3 is 0 Å². The zero-order chi connectivity index (χ0) is 13.2. The summed E-state index contributed by atoms with van der Waals surface area (Å²) in [6.07, 6.45) is 5.11. The van der Waals surface area contributed by atoms with E-state index in [9.17, 15) is 9.59 Å². The molecule has 0 bridgehead atoms. The molecule has 1 heterocycles. The SMILES string of the molecule is CCCCCCS[C@@]12C(=O)NC(=O)[C@@H]1C[C@@H]2C#N. The molecule has 98 valence electrons. The van der Waals surface area contributed by atoms with Crippen LogP contribution in [0.5, 0.6) is 0 Å². The molecule has 1 aliphatic carbocycles. The smallest absolute Gasteiger partial charge is 0.244 e. The normalized spacial score (nSPS) is 33.6. The number of nitrogens with zero attached hydrogens (tertiary/aromatic N) is 1. The Hall–Kier alpha value is -1.02. The summed E-state index contributed by atoms with van der Waals surface area (Å²) in [5, 5.41) is 11.5. The fourth-order valence-electron chi connectivity index (χ4n) is 2.77. The van der Waals surface area contributed by atoms with Crippen molar-refractivity contribution >= 4 is 23.6 Å². The van der Waals surface area contributed by atoms with Gasteiger partial charge in [0.25, 0.3) is 0 Å². The Morgan fingerprint density at radius 1 is 1.44 bits per heavy atom. The Balaban J connectivity index is 1.96. The minimum atomic E-state index is -0.766. The van der Waals surface area contributed by atoms with Gasteiger partial charge in [-0.3, -0.25) is 14.9 Å². The largest absolute Gasteiger partial charge is 0.295 e. The predicted octanol–water partition coefficient (Wildman–Crippen LogP) is 1.85. The van der Waals surface area contributed by atoms with Crippen molar-refractivity contribution < 1.29 is 9.59 Å². The van der Waals surface area contributed by atoms with Crippen LogP contribution in [0, 0.1) is 23.2 Å². The number of amides is 2. The second-order valence-electron chi connectivity index (χ2n) is 4.99. The molecule has 4 nitrogen and oxygen atoms in total. The van der Waals surface area contributed by atoms with Crippen LogP contribution in [0.2, 0.25) is 0 Å². The third-order valence-corrected chi connectivity index (χ3v) is 5.63. The first kappa shape index (κ1) is 13.4. The van der Waals surface area contributed by atoms with Gasteiger partial charge in [-0.05, 0) is 18.6 Å². The van der Waals surface area contributed by atoms with E-state index in [1.54, 1.807) is 0 Å². The number of imide groups is 1. The second kappa shape index (κ2) is 5.31. The van der Waals surface area contributed by atoms with Crippen LogP contribution >= 0.6 is 11.8 Å². The lowest BCUT2D eigenvalue weighted by Gasteiger charge is -2.44. The van der Waals surface area contributed by atoms with Crippen LogP contribution in [0.1, 0.15) is 39.0 Å². The first-order chi connectivity index (χ1) is 8.66. The summed E-state index contributed by atoms with van der Waals surface area (Å²) in [7, 11) is 0. The van der Waals surface area contributed by atoms with E-state index in [1.807, 2.05) is 0 Å². The number of fused-ring (bicyclic) bond motifs is 1. The van der Waals surface area contributed by atoms with Crippen molar-refractivity contribution in [2.75, 3.05) is 5.75 Å². The van der Waals surface area contributed by atoms with Crippen LogP contribution in [0.4, 0.5) is 0 Å². The maximum absolute atomic E-state index is 12.0. The van der Waals surface area contributed by atoms with E-state index in [1.165, 1.54) is 24.6 Å². The quantitative estimate of drug-likeness (QED) is 0.588. The number of carbonyl (C=O) groups excluding carboxylic acids is 2. The highest BCUT2D eigenvalue weighted by Crippen LogP contribution is 2.56. The summed E-state index contributed by atoms with van der Waals surface area (Å²) < 4.78 is -0.766. The predicted molar refractivity (Wildman–Crippen MR) is 69.7 cm³/mol.